The number of carbonyl (C=O) groups excluding carboxylic acids is 1. The van der Waals surface area contributed by atoms with E-state index in [9.17, 15) is 9.18 Å². The van der Waals surface area contributed by atoms with Crippen molar-refractivity contribution >= 4 is 11.6 Å². The first-order valence-corrected chi connectivity index (χ1v) is 7.12. The zero-order chi connectivity index (χ0) is 15.3. The van der Waals surface area contributed by atoms with E-state index in [1.165, 1.54) is 12.1 Å². The second kappa shape index (κ2) is 4.69. The SMILES string of the molecule is Cc1nc2nc3c(cn2n1)C(=O)CC(c1ccc(F)cc1)C3. The standard InChI is InChI=1S/C16H13FN4O/c1-9-18-16-19-14-6-11(10-2-4-12(17)5-3-10)7-15(22)13(14)8-21(16)20-9/h2-5,8,11H,6-7H2,1H3. The Morgan fingerprint density at radius 2 is 1.95 bits per heavy atom. The molecule has 0 saturated carbocycles. The van der Waals surface area contributed by atoms with Crippen molar-refractivity contribution in [2.75, 3.05) is 0 Å². The van der Waals surface area contributed by atoms with E-state index in [-0.39, 0.29) is 17.5 Å². The van der Waals surface area contributed by atoms with Crippen molar-refractivity contribution in [2.24, 2.45) is 0 Å². The summed E-state index contributed by atoms with van der Waals surface area (Å²) in [5.74, 6) is 0.920. The number of fused-ring (bicyclic) bond motifs is 2. The lowest BCUT2D eigenvalue weighted by Gasteiger charge is -2.23. The Morgan fingerprint density at radius 1 is 1.18 bits per heavy atom. The average molecular weight is 296 g/mol. The monoisotopic (exact) mass is 296 g/mol. The van der Waals surface area contributed by atoms with Crippen molar-refractivity contribution < 1.29 is 9.18 Å². The number of carbonyl (C=O) groups is 1. The Kier molecular flexibility index (Phi) is 2.79. The van der Waals surface area contributed by atoms with Crippen LogP contribution in [0.5, 0.6) is 0 Å². The van der Waals surface area contributed by atoms with Gasteiger partial charge < -0.3 is 0 Å². The Hall–Kier alpha value is -2.63. The molecular weight excluding hydrogens is 283 g/mol. The first-order chi connectivity index (χ1) is 10.6. The molecule has 3 aromatic rings. The molecule has 1 aromatic carbocycles. The fourth-order valence-electron chi connectivity index (χ4n) is 2.96. The van der Waals surface area contributed by atoms with Crippen LogP contribution in [0.4, 0.5) is 4.39 Å². The van der Waals surface area contributed by atoms with Crippen LogP contribution in [0.15, 0.2) is 30.5 Å². The largest absolute Gasteiger partial charge is 0.294 e. The Morgan fingerprint density at radius 3 is 2.73 bits per heavy atom. The Balaban J connectivity index is 1.77. The number of hydrogen-bond acceptors (Lipinski definition) is 4. The molecule has 0 N–H and O–H groups in total. The van der Waals surface area contributed by atoms with Crippen LogP contribution < -0.4 is 0 Å². The Labute approximate surface area is 125 Å². The van der Waals surface area contributed by atoms with Crippen LogP contribution in [-0.2, 0) is 6.42 Å². The maximum atomic E-state index is 13.0. The van der Waals surface area contributed by atoms with Gasteiger partial charge >= 0.3 is 0 Å². The molecule has 0 saturated heterocycles. The van der Waals surface area contributed by atoms with Crippen molar-refractivity contribution in [1.29, 1.82) is 0 Å². The van der Waals surface area contributed by atoms with Crippen molar-refractivity contribution in [3.8, 4) is 0 Å². The molecule has 1 aliphatic carbocycles. The summed E-state index contributed by atoms with van der Waals surface area (Å²) in [5.41, 5.74) is 2.31. The summed E-state index contributed by atoms with van der Waals surface area (Å²) in [6.07, 6.45) is 2.76. The molecule has 0 amide bonds. The van der Waals surface area contributed by atoms with E-state index in [0.717, 1.165) is 11.3 Å². The van der Waals surface area contributed by atoms with Gasteiger partial charge in [-0.05, 0) is 37.0 Å². The topological polar surface area (TPSA) is 60.1 Å². The predicted molar refractivity (Wildman–Crippen MR) is 77.3 cm³/mol. The molecule has 2 aromatic heterocycles. The minimum Gasteiger partial charge on any atom is -0.294 e. The van der Waals surface area contributed by atoms with Crippen molar-refractivity contribution in [3.63, 3.8) is 0 Å². The first-order valence-electron chi connectivity index (χ1n) is 7.12. The molecule has 4 rings (SSSR count). The van der Waals surface area contributed by atoms with E-state index in [1.807, 2.05) is 0 Å². The van der Waals surface area contributed by atoms with Gasteiger partial charge in [0.1, 0.15) is 11.6 Å². The molecule has 110 valence electrons. The highest BCUT2D eigenvalue weighted by atomic mass is 19.1. The fraction of sp³-hybridized carbons (Fsp3) is 0.250. The maximum absolute atomic E-state index is 13.0. The summed E-state index contributed by atoms with van der Waals surface area (Å²) in [6, 6.07) is 6.32. The number of aromatic nitrogens is 4. The quantitative estimate of drug-likeness (QED) is 0.692. The second-order valence-corrected chi connectivity index (χ2v) is 5.58. The van der Waals surface area contributed by atoms with Crippen LogP contribution in [0.2, 0.25) is 0 Å². The molecule has 22 heavy (non-hydrogen) atoms. The minimum absolute atomic E-state index is 0.0274. The van der Waals surface area contributed by atoms with Crippen LogP contribution >= 0.6 is 0 Å². The van der Waals surface area contributed by atoms with E-state index in [1.54, 1.807) is 29.8 Å². The summed E-state index contributed by atoms with van der Waals surface area (Å²) in [5, 5.41) is 4.19. The lowest BCUT2D eigenvalue weighted by Crippen LogP contribution is -2.21. The number of Topliss-reactive ketones (excluding diaryl/α,β-unsaturated/α-hetero) is 1. The van der Waals surface area contributed by atoms with Gasteiger partial charge in [0.25, 0.3) is 5.78 Å². The maximum Gasteiger partial charge on any atom is 0.252 e. The van der Waals surface area contributed by atoms with Gasteiger partial charge in [-0.25, -0.2) is 13.9 Å². The molecule has 1 aliphatic rings. The minimum atomic E-state index is -0.273. The van der Waals surface area contributed by atoms with Gasteiger partial charge in [0.2, 0.25) is 0 Å². The normalized spacial score (nSPS) is 17.7. The fourth-order valence-corrected chi connectivity index (χ4v) is 2.96. The third kappa shape index (κ3) is 2.07. The van der Waals surface area contributed by atoms with Crippen LogP contribution in [0.25, 0.3) is 5.78 Å². The highest BCUT2D eigenvalue weighted by Crippen LogP contribution is 2.31. The summed E-state index contributed by atoms with van der Waals surface area (Å²) < 4.78 is 14.6. The van der Waals surface area contributed by atoms with Gasteiger partial charge in [0.15, 0.2) is 5.78 Å². The molecular formula is C16H13FN4O. The van der Waals surface area contributed by atoms with E-state index in [2.05, 4.69) is 15.1 Å². The Bertz CT molecular complexity index is 885. The van der Waals surface area contributed by atoms with E-state index in [4.69, 9.17) is 0 Å². The summed E-state index contributed by atoms with van der Waals surface area (Å²) in [4.78, 5) is 21.1. The average Bonchev–Trinajstić information content (AvgIpc) is 2.85. The molecule has 5 nitrogen and oxygen atoms in total. The zero-order valence-corrected chi connectivity index (χ0v) is 12.0. The van der Waals surface area contributed by atoms with Crippen molar-refractivity contribution in [1.82, 2.24) is 19.6 Å². The molecule has 6 heteroatoms. The third-order valence-corrected chi connectivity index (χ3v) is 4.03. The van der Waals surface area contributed by atoms with Crippen LogP contribution in [0, 0.1) is 12.7 Å². The van der Waals surface area contributed by atoms with Crippen molar-refractivity contribution in [2.45, 2.75) is 25.7 Å². The smallest absolute Gasteiger partial charge is 0.252 e. The van der Waals surface area contributed by atoms with Gasteiger partial charge in [-0.3, -0.25) is 4.79 Å². The number of halogens is 1. The van der Waals surface area contributed by atoms with E-state index in [0.29, 0.717) is 30.0 Å². The van der Waals surface area contributed by atoms with Gasteiger partial charge in [-0.15, -0.1) is 0 Å². The number of rotatable bonds is 1. The van der Waals surface area contributed by atoms with Gasteiger partial charge in [-0.1, -0.05) is 12.1 Å². The highest BCUT2D eigenvalue weighted by molar-refractivity contribution is 5.98. The summed E-state index contributed by atoms with van der Waals surface area (Å²) in [7, 11) is 0. The lowest BCUT2D eigenvalue weighted by atomic mass is 9.82. The molecule has 0 radical (unpaired) electrons. The molecule has 0 aliphatic heterocycles. The summed E-state index contributed by atoms with van der Waals surface area (Å²) >= 11 is 0. The molecule has 0 spiro atoms. The molecule has 1 atom stereocenters. The van der Waals surface area contributed by atoms with Crippen molar-refractivity contribution in [3.05, 3.63) is 58.9 Å². The van der Waals surface area contributed by atoms with E-state index >= 15 is 0 Å². The van der Waals surface area contributed by atoms with E-state index < -0.39 is 0 Å². The highest BCUT2D eigenvalue weighted by Gasteiger charge is 2.28. The van der Waals surface area contributed by atoms with Crippen LogP contribution in [0.3, 0.4) is 0 Å². The second-order valence-electron chi connectivity index (χ2n) is 5.58. The van der Waals surface area contributed by atoms with Gasteiger partial charge in [0, 0.05) is 12.6 Å². The molecule has 0 bridgehead atoms. The first kappa shape index (κ1) is 13.1. The van der Waals surface area contributed by atoms with Crippen LogP contribution in [-0.4, -0.2) is 25.4 Å². The number of aryl methyl sites for hydroxylation is 1. The molecule has 1 unspecified atom stereocenters. The number of nitrogens with zero attached hydrogens (tertiary/aromatic N) is 4. The number of hydrogen-bond donors (Lipinski definition) is 0. The molecule has 2 heterocycles. The predicted octanol–water partition coefficient (Wildman–Crippen LogP) is 2.48. The number of ketones is 1. The van der Waals surface area contributed by atoms with Gasteiger partial charge in [-0.2, -0.15) is 10.1 Å². The lowest BCUT2D eigenvalue weighted by molar-refractivity contribution is 0.0962. The van der Waals surface area contributed by atoms with Crippen LogP contribution in [0.1, 0.15) is 39.8 Å². The number of benzene rings is 1. The zero-order valence-electron chi connectivity index (χ0n) is 12.0. The molecule has 0 fully saturated rings. The summed E-state index contributed by atoms with van der Waals surface area (Å²) in [6.45, 7) is 1.79. The van der Waals surface area contributed by atoms with Gasteiger partial charge in [0.05, 0.1) is 11.3 Å². The third-order valence-electron chi connectivity index (χ3n) is 4.03.